The Morgan fingerprint density at radius 2 is 1.76 bits per heavy atom. The van der Waals surface area contributed by atoms with Crippen molar-refractivity contribution in [2.45, 2.75) is 32.4 Å². The molecule has 1 aliphatic rings. The molecule has 2 aromatic carbocycles. The Kier molecular flexibility index (Phi) is 5.86. The first-order chi connectivity index (χ1) is 16.0. The molecular weight excluding hydrogens is 451 g/mol. The topological polar surface area (TPSA) is 116 Å². The molecule has 4 N–H and O–H groups in total. The van der Waals surface area contributed by atoms with Crippen LogP contribution in [0.15, 0.2) is 47.3 Å². The van der Waals surface area contributed by atoms with Crippen molar-refractivity contribution < 1.29 is 22.8 Å². The van der Waals surface area contributed by atoms with E-state index in [1.165, 1.54) is 12.1 Å². The fourth-order valence-corrected chi connectivity index (χ4v) is 3.84. The number of carbonyl (C=O) groups excluding carboxylic acids is 2. The van der Waals surface area contributed by atoms with Crippen molar-refractivity contribution in [2.24, 2.45) is 0 Å². The van der Waals surface area contributed by atoms with Gasteiger partial charge in [0.15, 0.2) is 0 Å². The van der Waals surface area contributed by atoms with Crippen LogP contribution >= 0.6 is 0 Å². The molecule has 2 heterocycles. The molecule has 11 heteroatoms. The second kappa shape index (κ2) is 8.65. The van der Waals surface area contributed by atoms with E-state index in [1.54, 1.807) is 12.1 Å². The van der Waals surface area contributed by atoms with E-state index in [1.807, 2.05) is 19.9 Å². The van der Waals surface area contributed by atoms with E-state index in [0.717, 1.165) is 23.3 Å². The Hall–Kier alpha value is -4.15. The molecule has 1 aliphatic heterocycles. The zero-order valence-electron chi connectivity index (χ0n) is 18.1. The predicted molar refractivity (Wildman–Crippen MR) is 120 cm³/mol. The van der Waals surface area contributed by atoms with Crippen molar-refractivity contribution in [3.63, 3.8) is 0 Å². The molecule has 0 saturated carbocycles. The van der Waals surface area contributed by atoms with Gasteiger partial charge >= 0.3 is 6.18 Å². The van der Waals surface area contributed by atoms with Crippen molar-refractivity contribution in [3.05, 3.63) is 75.1 Å². The van der Waals surface area contributed by atoms with E-state index in [9.17, 15) is 27.6 Å². The summed E-state index contributed by atoms with van der Waals surface area (Å²) in [5.74, 6) is -2.47. The highest BCUT2D eigenvalue weighted by atomic mass is 19.4. The van der Waals surface area contributed by atoms with Crippen LogP contribution in [0.4, 0.5) is 36.3 Å². The third kappa shape index (κ3) is 4.92. The quantitative estimate of drug-likeness (QED) is 0.455. The van der Waals surface area contributed by atoms with Gasteiger partial charge in [-0.2, -0.15) is 18.2 Å². The number of nitrogens with zero attached hydrogens (tertiary/aromatic N) is 1. The summed E-state index contributed by atoms with van der Waals surface area (Å²) in [5, 5.41) is 7.79. The van der Waals surface area contributed by atoms with Crippen LogP contribution in [0.25, 0.3) is 0 Å². The number of aryl methyl sites for hydroxylation is 2. The van der Waals surface area contributed by atoms with Crippen LogP contribution in [0.1, 0.15) is 34.6 Å². The number of aromatic nitrogens is 2. The number of halogens is 3. The monoisotopic (exact) mass is 471 g/mol. The fraction of sp³-hybridized carbons (Fsp3) is 0.217. The lowest BCUT2D eigenvalue weighted by Gasteiger charge is -2.24. The van der Waals surface area contributed by atoms with Crippen LogP contribution in [0.2, 0.25) is 0 Å². The number of carbonyl (C=O) groups is 2. The molecule has 3 aromatic rings. The number of anilines is 4. The number of benzene rings is 2. The molecule has 176 valence electrons. The molecule has 0 aliphatic carbocycles. The first kappa shape index (κ1) is 23.0. The minimum Gasteiger partial charge on any atom is -0.326 e. The summed E-state index contributed by atoms with van der Waals surface area (Å²) in [5.41, 5.74) is 0.820. The van der Waals surface area contributed by atoms with E-state index in [2.05, 4.69) is 25.9 Å². The van der Waals surface area contributed by atoms with Gasteiger partial charge in [0.2, 0.25) is 17.8 Å². The second-order valence-electron chi connectivity index (χ2n) is 8.05. The molecular formula is C23H20F3N5O3. The van der Waals surface area contributed by atoms with Crippen LogP contribution in [0.5, 0.6) is 0 Å². The molecule has 2 amide bonds. The lowest BCUT2D eigenvalue weighted by molar-refractivity contribution is -0.137. The van der Waals surface area contributed by atoms with Crippen LogP contribution in [-0.2, 0) is 15.8 Å². The summed E-state index contributed by atoms with van der Waals surface area (Å²) in [6, 6.07) is 9.81. The molecule has 0 radical (unpaired) electrons. The van der Waals surface area contributed by atoms with E-state index in [4.69, 9.17) is 0 Å². The normalized spacial score (nSPS) is 15.3. The van der Waals surface area contributed by atoms with Gasteiger partial charge in [-0.15, -0.1) is 0 Å². The number of hydrogen-bond acceptors (Lipinski definition) is 5. The summed E-state index contributed by atoms with van der Waals surface area (Å²) in [4.78, 5) is 44.6. The van der Waals surface area contributed by atoms with Crippen molar-refractivity contribution in [2.75, 3.05) is 16.0 Å². The molecule has 0 spiro atoms. The van der Waals surface area contributed by atoms with Crippen LogP contribution < -0.4 is 21.5 Å². The van der Waals surface area contributed by atoms with E-state index in [0.29, 0.717) is 5.69 Å². The van der Waals surface area contributed by atoms with Gasteiger partial charge in [0.1, 0.15) is 5.82 Å². The van der Waals surface area contributed by atoms with Crippen LogP contribution in [0.3, 0.4) is 0 Å². The van der Waals surface area contributed by atoms with Crippen LogP contribution in [0, 0.1) is 13.8 Å². The van der Waals surface area contributed by atoms with E-state index < -0.39 is 35.0 Å². The number of rotatable bonds is 4. The number of aromatic amines is 1. The Morgan fingerprint density at radius 3 is 2.44 bits per heavy atom. The number of H-pyrrole nitrogens is 1. The van der Waals surface area contributed by atoms with Crippen molar-refractivity contribution in [3.8, 4) is 0 Å². The second-order valence-corrected chi connectivity index (χ2v) is 8.05. The zero-order chi connectivity index (χ0) is 24.6. The Labute approximate surface area is 191 Å². The van der Waals surface area contributed by atoms with Gasteiger partial charge in [0.05, 0.1) is 17.0 Å². The first-order valence-electron chi connectivity index (χ1n) is 10.3. The van der Waals surface area contributed by atoms with E-state index >= 15 is 0 Å². The minimum absolute atomic E-state index is 0.0314. The number of hydrogen-bond donors (Lipinski definition) is 4. The molecule has 0 saturated heterocycles. The summed E-state index contributed by atoms with van der Waals surface area (Å²) in [6.07, 6.45) is -4.80. The highest BCUT2D eigenvalue weighted by molar-refractivity contribution is 6.04. The van der Waals surface area contributed by atoms with Crippen molar-refractivity contribution in [1.82, 2.24) is 9.97 Å². The largest absolute Gasteiger partial charge is 0.416 e. The average molecular weight is 471 g/mol. The molecule has 34 heavy (non-hydrogen) atoms. The molecule has 8 nitrogen and oxygen atoms in total. The van der Waals surface area contributed by atoms with Gasteiger partial charge in [0.25, 0.3) is 5.56 Å². The zero-order valence-corrected chi connectivity index (χ0v) is 18.1. The predicted octanol–water partition coefficient (Wildman–Crippen LogP) is 4.21. The molecule has 1 unspecified atom stereocenters. The molecule has 1 atom stereocenters. The standard InChI is InChI=1S/C23H20F3N5O3/c1-11-6-12(2)8-15(7-11)27-20(33)16-10-17(32)29-19-18(16)21(34)31-22(30-19)28-14-5-3-4-13(9-14)23(24,25)26/h3-9,16H,10H2,1-2H3,(H,27,33)(H3,28,29,30,31,32,34). The number of amides is 2. The fourth-order valence-electron chi connectivity index (χ4n) is 3.84. The molecule has 0 fully saturated rings. The van der Waals surface area contributed by atoms with Gasteiger partial charge in [-0.3, -0.25) is 19.4 Å². The van der Waals surface area contributed by atoms with Crippen molar-refractivity contribution >= 4 is 35.0 Å². The molecule has 4 rings (SSSR count). The maximum Gasteiger partial charge on any atom is 0.416 e. The first-order valence-corrected chi connectivity index (χ1v) is 10.3. The average Bonchev–Trinajstić information content (AvgIpc) is 2.71. The molecule has 1 aromatic heterocycles. The highest BCUT2D eigenvalue weighted by Gasteiger charge is 2.35. The lowest BCUT2D eigenvalue weighted by atomic mass is 9.92. The Bertz CT molecular complexity index is 1330. The SMILES string of the molecule is Cc1cc(C)cc(NC(=O)C2CC(=O)Nc3nc(Nc4cccc(C(F)(F)F)c4)[nH]c(=O)c32)c1. The van der Waals surface area contributed by atoms with Gasteiger partial charge in [-0.1, -0.05) is 12.1 Å². The maximum absolute atomic E-state index is 13.0. The third-order valence-electron chi connectivity index (χ3n) is 5.21. The summed E-state index contributed by atoms with van der Waals surface area (Å²) >= 11 is 0. The van der Waals surface area contributed by atoms with Gasteiger partial charge in [-0.05, 0) is 55.3 Å². The number of fused-ring (bicyclic) bond motifs is 1. The number of nitrogens with one attached hydrogen (secondary N) is 4. The highest BCUT2D eigenvalue weighted by Crippen LogP contribution is 2.32. The van der Waals surface area contributed by atoms with Gasteiger partial charge in [0, 0.05) is 17.8 Å². The van der Waals surface area contributed by atoms with Gasteiger partial charge < -0.3 is 16.0 Å². The minimum atomic E-state index is -4.54. The van der Waals surface area contributed by atoms with Crippen LogP contribution in [-0.4, -0.2) is 21.8 Å². The third-order valence-corrected chi connectivity index (χ3v) is 5.21. The summed E-state index contributed by atoms with van der Waals surface area (Å²) < 4.78 is 38.9. The Balaban J connectivity index is 1.63. The maximum atomic E-state index is 13.0. The Morgan fingerprint density at radius 1 is 1.06 bits per heavy atom. The summed E-state index contributed by atoms with van der Waals surface area (Å²) in [7, 11) is 0. The number of alkyl halides is 3. The summed E-state index contributed by atoms with van der Waals surface area (Å²) in [6.45, 7) is 3.75. The lowest BCUT2D eigenvalue weighted by Crippen LogP contribution is -2.36. The molecule has 0 bridgehead atoms. The van der Waals surface area contributed by atoms with Gasteiger partial charge in [-0.25, -0.2) is 0 Å². The van der Waals surface area contributed by atoms with E-state index in [-0.39, 0.29) is 29.4 Å². The van der Waals surface area contributed by atoms with Crippen molar-refractivity contribution in [1.29, 1.82) is 0 Å². The smallest absolute Gasteiger partial charge is 0.326 e.